The second-order valence-corrected chi connectivity index (χ2v) is 9.38. The van der Waals surface area contributed by atoms with Crippen molar-refractivity contribution in [3.8, 4) is 0 Å². The van der Waals surface area contributed by atoms with Gasteiger partial charge in [-0.15, -0.1) is 11.8 Å². The molecule has 1 aliphatic rings. The van der Waals surface area contributed by atoms with Crippen molar-refractivity contribution in [3.63, 3.8) is 0 Å². The Balaban J connectivity index is 1.34. The van der Waals surface area contributed by atoms with Crippen molar-refractivity contribution in [1.29, 1.82) is 0 Å². The molecule has 2 aromatic carbocycles. The molecule has 3 amide bonds. The van der Waals surface area contributed by atoms with Crippen LogP contribution in [0.15, 0.2) is 54.6 Å². The minimum absolute atomic E-state index is 0.0224. The van der Waals surface area contributed by atoms with Gasteiger partial charge in [-0.2, -0.15) is 0 Å². The third-order valence-corrected chi connectivity index (χ3v) is 6.71. The molecule has 1 aliphatic heterocycles. The number of rotatable bonds is 9. The zero-order valence-electron chi connectivity index (χ0n) is 18.8. The van der Waals surface area contributed by atoms with Gasteiger partial charge in [-0.3, -0.25) is 14.4 Å². The third kappa shape index (κ3) is 7.89. The predicted octanol–water partition coefficient (Wildman–Crippen LogP) is 3.58. The molecule has 0 spiro atoms. The van der Waals surface area contributed by atoms with Crippen molar-refractivity contribution in [2.45, 2.75) is 31.4 Å². The minimum Gasteiger partial charge on any atom is -0.339 e. The van der Waals surface area contributed by atoms with Crippen LogP contribution in [0.1, 0.15) is 25.3 Å². The van der Waals surface area contributed by atoms with Gasteiger partial charge in [-0.1, -0.05) is 30.3 Å². The number of aryl methyl sites for hydroxylation is 1. The van der Waals surface area contributed by atoms with Crippen LogP contribution in [0.5, 0.6) is 0 Å². The lowest BCUT2D eigenvalue weighted by Crippen LogP contribution is -2.52. The molecular formula is C25H30FN3O3S. The van der Waals surface area contributed by atoms with Crippen LogP contribution >= 0.6 is 11.8 Å². The molecule has 1 N–H and O–H groups in total. The zero-order valence-corrected chi connectivity index (χ0v) is 19.7. The van der Waals surface area contributed by atoms with Crippen molar-refractivity contribution in [2.75, 3.05) is 37.2 Å². The van der Waals surface area contributed by atoms with E-state index in [4.69, 9.17) is 0 Å². The summed E-state index contributed by atoms with van der Waals surface area (Å²) in [6.45, 7) is 3.89. The van der Waals surface area contributed by atoms with Crippen LogP contribution < -0.4 is 5.32 Å². The van der Waals surface area contributed by atoms with Crippen LogP contribution in [0.25, 0.3) is 0 Å². The minimum atomic E-state index is -0.365. The number of carbonyl (C=O) groups excluding carboxylic acids is 3. The Bertz CT molecular complexity index is 932. The van der Waals surface area contributed by atoms with Gasteiger partial charge in [0.1, 0.15) is 5.82 Å². The zero-order chi connectivity index (χ0) is 23.6. The fourth-order valence-electron chi connectivity index (χ4n) is 3.68. The molecule has 1 saturated heterocycles. The first-order valence-corrected chi connectivity index (χ1v) is 12.2. The maximum Gasteiger partial charge on any atom is 0.235 e. The van der Waals surface area contributed by atoms with E-state index in [1.54, 1.807) is 11.8 Å². The Morgan fingerprint density at radius 3 is 2.27 bits per heavy atom. The highest BCUT2D eigenvalue weighted by Crippen LogP contribution is 2.17. The molecule has 176 valence electrons. The number of anilines is 1. The molecule has 1 unspecified atom stereocenters. The molecule has 0 radical (unpaired) electrons. The summed E-state index contributed by atoms with van der Waals surface area (Å²) in [5.74, 6) is -0.360. The topological polar surface area (TPSA) is 69.7 Å². The molecule has 1 atom stereocenters. The number of nitrogens with one attached hydrogen (secondary N) is 1. The van der Waals surface area contributed by atoms with Crippen LogP contribution in [0.4, 0.5) is 10.1 Å². The van der Waals surface area contributed by atoms with E-state index in [1.165, 1.54) is 41.6 Å². The number of nitrogens with zero attached hydrogens (tertiary/aromatic N) is 2. The molecule has 33 heavy (non-hydrogen) atoms. The molecule has 6 nitrogen and oxygen atoms in total. The van der Waals surface area contributed by atoms with E-state index >= 15 is 0 Å². The second-order valence-electron chi connectivity index (χ2n) is 8.05. The smallest absolute Gasteiger partial charge is 0.235 e. The summed E-state index contributed by atoms with van der Waals surface area (Å²) in [5.41, 5.74) is 1.75. The number of hydrogen-bond acceptors (Lipinski definition) is 4. The van der Waals surface area contributed by atoms with E-state index in [9.17, 15) is 18.8 Å². The number of hydrogen-bond donors (Lipinski definition) is 1. The summed E-state index contributed by atoms with van der Waals surface area (Å²) >= 11 is 1.27. The van der Waals surface area contributed by atoms with Gasteiger partial charge in [0.2, 0.25) is 17.7 Å². The third-order valence-electron chi connectivity index (χ3n) is 5.58. The Hall–Kier alpha value is -2.87. The number of benzene rings is 2. The highest BCUT2D eigenvalue weighted by atomic mass is 32.2. The van der Waals surface area contributed by atoms with Crippen LogP contribution in [0, 0.1) is 5.82 Å². The van der Waals surface area contributed by atoms with E-state index < -0.39 is 0 Å². The quantitative estimate of drug-likeness (QED) is 0.607. The first kappa shape index (κ1) is 24.8. The molecule has 0 saturated carbocycles. The maximum atomic E-state index is 13.0. The molecule has 1 heterocycles. The van der Waals surface area contributed by atoms with Gasteiger partial charge in [0.05, 0.1) is 11.0 Å². The number of piperazine rings is 1. The molecule has 0 aliphatic carbocycles. The average Bonchev–Trinajstić information content (AvgIpc) is 2.84. The van der Waals surface area contributed by atoms with Gasteiger partial charge in [0.15, 0.2) is 0 Å². The molecular weight excluding hydrogens is 441 g/mol. The molecule has 0 bridgehead atoms. The summed E-state index contributed by atoms with van der Waals surface area (Å²) in [5, 5.41) is 2.33. The monoisotopic (exact) mass is 471 g/mol. The van der Waals surface area contributed by atoms with E-state index in [2.05, 4.69) is 17.4 Å². The van der Waals surface area contributed by atoms with Gasteiger partial charge >= 0.3 is 0 Å². The summed E-state index contributed by atoms with van der Waals surface area (Å²) < 4.78 is 13.0. The van der Waals surface area contributed by atoms with Gasteiger partial charge in [0, 0.05) is 38.3 Å². The Morgan fingerprint density at radius 2 is 1.61 bits per heavy atom. The lowest BCUT2D eigenvalue weighted by Gasteiger charge is -2.36. The average molecular weight is 472 g/mol. The van der Waals surface area contributed by atoms with Crippen molar-refractivity contribution >= 4 is 35.2 Å². The van der Waals surface area contributed by atoms with Crippen molar-refractivity contribution in [2.24, 2.45) is 0 Å². The van der Waals surface area contributed by atoms with Gasteiger partial charge in [0.25, 0.3) is 0 Å². The van der Waals surface area contributed by atoms with Gasteiger partial charge in [-0.05, 0) is 49.6 Å². The maximum absolute atomic E-state index is 13.0. The number of halogens is 1. The van der Waals surface area contributed by atoms with Crippen molar-refractivity contribution < 1.29 is 18.8 Å². The molecule has 0 aromatic heterocycles. The molecule has 1 fully saturated rings. The Kier molecular flexibility index (Phi) is 9.30. The van der Waals surface area contributed by atoms with Crippen LogP contribution in [0.3, 0.4) is 0 Å². The van der Waals surface area contributed by atoms with Crippen LogP contribution in [-0.2, 0) is 20.8 Å². The van der Waals surface area contributed by atoms with Crippen LogP contribution in [-0.4, -0.2) is 64.7 Å². The number of amides is 3. The van der Waals surface area contributed by atoms with Gasteiger partial charge in [-0.25, -0.2) is 4.39 Å². The summed E-state index contributed by atoms with van der Waals surface area (Å²) in [6.07, 6.45) is 2.21. The normalized spacial score (nSPS) is 14.6. The highest BCUT2D eigenvalue weighted by Gasteiger charge is 2.27. The molecule has 3 rings (SSSR count). The summed E-state index contributed by atoms with van der Waals surface area (Å²) in [4.78, 5) is 40.9. The number of carbonyl (C=O) groups is 3. The second kappa shape index (κ2) is 12.4. The summed E-state index contributed by atoms with van der Waals surface area (Å²) in [7, 11) is 0. The summed E-state index contributed by atoms with van der Waals surface area (Å²) in [6, 6.07) is 15.7. The molecule has 2 aromatic rings. The highest BCUT2D eigenvalue weighted by molar-refractivity contribution is 8.01. The van der Waals surface area contributed by atoms with Gasteiger partial charge < -0.3 is 15.1 Å². The predicted molar refractivity (Wildman–Crippen MR) is 129 cm³/mol. The van der Waals surface area contributed by atoms with Crippen molar-refractivity contribution in [3.05, 3.63) is 66.0 Å². The lowest BCUT2D eigenvalue weighted by molar-refractivity contribution is -0.139. The first-order valence-electron chi connectivity index (χ1n) is 11.2. The van der Waals surface area contributed by atoms with Crippen LogP contribution in [0.2, 0.25) is 0 Å². The largest absolute Gasteiger partial charge is 0.339 e. The first-order chi connectivity index (χ1) is 15.9. The Labute approximate surface area is 198 Å². The van der Waals surface area contributed by atoms with E-state index in [-0.39, 0.29) is 34.5 Å². The van der Waals surface area contributed by atoms with E-state index in [0.29, 0.717) is 38.3 Å². The molecule has 8 heteroatoms. The fourth-order valence-corrected chi connectivity index (χ4v) is 4.45. The fraction of sp³-hybridized carbons (Fsp3) is 0.400. The van der Waals surface area contributed by atoms with Crippen molar-refractivity contribution in [1.82, 2.24) is 9.80 Å². The SMILES string of the molecule is CC(SCC(=O)Nc1ccc(F)cc1)C(=O)N1CCN(C(=O)CCCc2ccccc2)CC1. The lowest BCUT2D eigenvalue weighted by atomic mass is 10.1. The number of thioether (sulfide) groups is 1. The standard InChI is InChI=1S/C25H30FN3O3S/c1-19(33-18-23(30)27-22-12-10-21(26)11-13-22)25(32)29-16-14-28(15-17-29)24(31)9-5-8-20-6-3-2-4-7-20/h2-4,6-7,10-13,19H,5,8-9,14-18H2,1H3,(H,27,30). The van der Waals surface area contributed by atoms with E-state index in [0.717, 1.165) is 12.8 Å². The Morgan fingerprint density at radius 1 is 0.970 bits per heavy atom. The van der Waals surface area contributed by atoms with E-state index in [1.807, 2.05) is 23.1 Å².